The van der Waals surface area contributed by atoms with Crippen molar-refractivity contribution >= 4 is 22.5 Å². The summed E-state index contributed by atoms with van der Waals surface area (Å²) in [5, 5.41) is 16.3. The van der Waals surface area contributed by atoms with Gasteiger partial charge in [0.25, 0.3) is 0 Å². The van der Waals surface area contributed by atoms with Crippen LogP contribution in [0.1, 0.15) is 48.9 Å². The molecular weight excluding hydrogens is 506 g/mol. The van der Waals surface area contributed by atoms with Crippen molar-refractivity contribution in [1.82, 2.24) is 14.7 Å². The lowest BCUT2D eigenvalue weighted by Crippen LogP contribution is -2.47. The van der Waals surface area contributed by atoms with Crippen molar-refractivity contribution in [2.24, 2.45) is 11.7 Å². The number of piperidine rings is 1. The number of carbonyl (C=O) groups is 1. The minimum Gasteiger partial charge on any atom is -0.393 e. The van der Waals surface area contributed by atoms with Crippen molar-refractivity contribution < 1.29 is 19.4 Å². The van der Waals surface area contributed by atoms with Gasteiger partial charge in [0.1, 0.15) is 11.9 Å². The van der Waals surface area contributed by atoms with Crippen LogP contribution in [0, 0.1) is 5.92 Å². The fourth-order valence-corrected chi connectivity index (χ4v) is 7.42. The molecule has 0 aliphatic carbocycles. The number of aliphatic hydroxyl groups is 1. The Morgan fingerprint density at radius 3 is 2.45 bits per heavy atom. The van der Waals surface area contributed by atoms with E-state index in [-0.39, 0.29) is 12.3 Å². The van der Waals surface area contributed by atoms with E-state index < -0.39 is 5.91 Å². The molecule has 0 saturated carbocycles. The molecule has 3 aromatic rings. The number of aliphatic hydroxyl groups excluding tert-OH is 1. The number of rotatable bonds is 6. The molecule has 4 atom stereocenters. The van der Waals surface area contributed by atoms with E-state index in [1.807, 2.05) is 12.1 Å². The summed E-state index contributed by atoms with van der Waals surface area (Å²) < 4.78 is 13.8. The molecule has 212 valence electrons. The number of carbonyl (C=O) groups excluding carboxylic acids is 1. The maximum atomic E-state index is 12.1. The Morgan fingerprint density at radius 2 is 1.73 bits per heavy atom. The van der Waals surface area contributed by atoms with E-state index in [4.69, 9.17) is 20.3 Å². The molecule has 4 fully saturated rings. The fourth-order valence-electron chi connectivity index (χ4n) is 7.42. The van der Waals surface area contributed by atoms with Gasteiger partial charge in [-0.25, -0.2) is 0 Å². The summed E-state index contributed by atoms with van der Waals surface area (Å²) in [5.41, 5.74) is 10.3. The lowest BCUT2D eigenvalue weighted by Gasteiger charge is -2.39. The van der Waals surface area contributed by atoms with Crippen LogP contribution in [0.3, 0.4) is 0 Å². The van der Waals surface area contributed by atoms with Gasteiger partial charge in [-0.2, -0.15) is 5.10 Å². The maximum Gasteiger partial charge on any atom is 0.248 e. The molecule has 0 radical (unpaired) electrons. The van der Waals surface area contributed by atoms with Crippen molar-refractivity contribution in [3.8, 4) is 11.3 Å². The fraction of sp³-hybridized carbons (Fsp3) is 0.548. The van der Waals surface area contributed by atoms with Gasteiger partial charge >= 0.3 is 0 Å². The average Bonchev–Trinajstić information content (AvgIpc) is 3.47. The summed E-state index contributed by atoms with van der Waals surface area (Å²) in [6, 6.07) is 15.2. The van der Waals surface area contributed by atoms with E-state index in [2.05, 4.69) is 38.7 Å². The van der Waals surface area contributed by atoms with Crippen LogP contribution in [0.4, 0.5) is 5.69 Å². The first-order valence-corrected chi connectivity index (χ1v) is 14.8. The van der Waals surface area contributed by atoms with Crippen LogP contribution in [0.2, 0.25) is 0 Å². The second-order valence-corrected chi connectivity index (χ2v) is 12.0. The lowest BCUT2D eigenvalue weighted by molar-refractivity contribution is -0.129. The lowest BCUT2D eigenvalue weighted by atomic mass is 9.97. The summed E-state index contributed by atoms with van der Waals surface area (Å²) in [6.45, 7) is 4.91. The summed E-state index contributed by atoms with van der Waals surface area (Å²) >= 11 is 0. The van der Waals surface area contributed by atoms with Gasteiger partial charge in [-0.05, 0) is 74.8 Å². The summed E-state index contributed by atoms with van der Waals surface area (Å²) in [4.78, 5) is 17.0. The van der Waals surface area contributed by atoms with Crippen LogP contribution in [0.5, 0.6) is 0 Å². The molecular formula is C31H39N5O4. The van der Waals surface area contributed by atoms with Gasteiger partial charge in [-0.1, -0.05) is 12.1 Å². The van der Waals surface area contributed by atoms with Crippen molar-refractivity contribution in [2.45, 2.75) is 69.5 Å². The zero-order chi connectivity index (χ0) is 27.2. The van der Waals surface area contributed by atoms with Crippen LogP contribution in [-0.2, 0) is 16.0 Å². The molecule has 2 bridgehead atoms. The summed E-state index contributed by atoms with van der Waals surface area (Å²) in [5.74, 6) is 0.0113. The Labute approximate surface area is 234 Å². The number of morpholine rings is 1. The molecule has 4 aliphatic rings. The predicted octanol–water partition coefficient (Wildman–Crippen LogP) is 3.38. The SMILES string of the molecule is NC(=O)c1ccc2c(c1)c(-c1ccc(N3C4CCC3CC(O)C4)cc1)nn2CC1CCOC(N2CCOCC2)C1. The van der Waals surface area contributed by atoms with Gasteiger partial charge in [0.2, 0.25) is 5.91 Å². The molecule has 5 heterocycles. The average molecular weight is 546 g/mol. The third kappa shape index (κ3) is 4.89. The maximum absolute atomic E-state index is 12.1. The largest absolute Gasteiger partial charge is 0.393 e. The third-order valence-electron chi connectivity index (χ3n) is 9.44. The minimum atomic E-state index is -0.434. The zero-order valence-corrected chi connectivity index (χ0v) is 23.0. The predicted molar refractivity (Wildman–Crippen MR) is 153 cm³/mol. The van der Waals surface area contributed by atoms with Crippen molar-refractivity contribution in [2.75, 3.05) is 37.8 Å². The summed E-state index contributed by atoms with van der Waals surface area (Å²) in [7, 11) is 0. The monoisotopic (exact) mass is 545 g/mol. The molecule has 9 nitrogen and oxygen atoms in total. The Morgan fingerprint density at radius 1 is 0.975 bits per heavy atom. The van der Waals surface area contributed by atoms with Gasteiger partial charge in [-0.15, -0.1) is 0 Å². The highest BCUT2D eigenvalue weighted by atomic mass is 16.5. The summed E-state index contributed by atoms with van der Waals surface area (Å²) in [6.07, 6.45) is 5.91. The number of amides is 1. The van der Waals surface area contributed by atoms with Crippen LogP contribution in [0.15, 0.2) is 42.5 Å². The number of anilines is 1. The number of nitrogens with two attached hydrogens (primary N) is 1. The van der Waals surface area contributed by atoms with Crippen LogP contribution >= 0.6 is 0 Å². The third-order valence-corrected chi connectivity index (χ3v) is 9.44. The number of nitrogens with zero attached hydrogens (tertiary/aromatic N) is 4. The zero-order valence-electron chi connectivity index (χ0n) is 23.0. The number of aromatic nitrogens is 2. The number of ether oxygens (including phenoxy) is 2. The van der Waals surface area contributed by atoms with Crippen LogP contribution in [0.25, 0.3) is 22.2 Å². The number of fused-ring (bicyclic) bond motifs is 3. The number of hydrogen-bond donors (Lipinski definition) is 2. The van der Waals surface area contributed by atoms with Gasteiger partial charge in [0, 0.05) is 60.5 Å². The van der Waals surface area contributed by atoms with E-state index in [1.165, 1.54) is 5.69 Å². The second kappa shape index (κ2) is 10.8. The van der Waals surface area contributed by atoms with Crippen molar-refractivity contribution in [3.05, 3.63) is 48.0 Å². The van der Waals surface area contributed by atoms with Crippen molar-refractivity contribution in [1.29, 1.82) is 0 Å². The van der Waals surface area contributed by atoms with Crippen molar-refractivity contribution in [3.63, 3.8) is 0 Å². The molecule has 7 rings (SSSR count). The highest BCUT2D eigenvalue weighted by molar-refractivity contribution is 6.01. The van der Waals surface area contributed by atoms with Gasteiger partial charge < -0.3 is 25.2 Å². The second-order valence-electron chi connectivity index (χ2n) is 12.0. The number of hydrogen-bond acceptors (Lipinski definition) is 7. The van der Waals surface area contributed by atoms with E-state index >= 15 is 0 Å². The first-order chi connectivity index (χ1) is 19.5. The van der Waals surface area contributed by atoms with Gasteiger partial charge in [0.05, 0.1) is 24.8 Å². The standard InChI is InChI=1S/C31H39N5O4/c32-31(38)22-3-8-28-27(16-22)30(21-1-4-23(5-2-21)36-24-6-7-25(36)18-26(37)17-24)33-35(28)19-20-9-12-40-29(15-20)34-10-13-39-14-11-34/h1-5,8,16,20,24-26,29,37H,6-7,9-15,17-19H2,(H2,32,38). The van der Waals surface area contributed by atoms with Crippen LogP contribution in [-0.4, -0.2) is 83.0 Å². The highest BCUT2D eigenvalue weighted by Crippen LogP contribution is 2.40. The normalized spacial score (nSPS) is 29.2. The smallest absolute Gasteiger partial charge is 0.248 e. The molecule has 4 saturated heterocycles. The first-order valence-electron chi connectivity index (χ1n) is 14.8. The topological polar surface area (TPSA) is 106 Å². The highest BCUT2D eigenvalue weighted by Gasteiger charge is 2.40. The molecule has 40 heavy (non-hydrogen) atoms. The Bertz CT molecular complexity index is 1350. The molecule has 1 aromatic heterocycles. The molecule has 4 aliphatic heterocycles. The van der Waals surface area contributed by atoms with E-state index in [0.717, 1.165) is 100 Å². The molecule has 0 spiro atoms. The Hall–Kier alpha value is -2.98. The van der Waals surface area contributed by atoms with Crippen LogP contribution < -0.4 is 10.6 Å². The Balaban J connectivity index is 1.17. The Kier molecular flexibility index (Phi) is 6.99. The molecule has 2 aromatic carbocycles. The molecule has 9 heteroatoms. The van der Waals surface area contributed by atoms with E-state index in [0.29, 0.717) is 23.6 Å². The van der Waals surface area contributed by atoms with E-state index in [9.17, 15) is 9.90 Å². The van der Waals surface area contributed by atoms with Gasteiger partial charge in [0.15, 0.2) is 0 Å². The molecule has 4 unspecified atom stereocenters. The molecule has 3 N–H and O–H groups in total. The molecule has 1 amide bonds. The minimum absolute atomic E-state index is 0.129. The van der Waals surface area contributed by atoms with E-state index in [1.54, 1.807) is 6.07 Å². The first kappa shape index (κ1) is 26.0. The number of primary amides is 1. The number of benzene rings is 2. The van der Waals surface area contributed by atoms with Gasteiger partial charge in [-0.3, -0.25) is 14.4 Å². The quantitative estimate of drug-likeness (QED) is 0.489.